The highest BCUT2D eigenvalue weighted by atomic mass is 16.5. The number of pyridine rings is 1. The summed E-state index contributed by atoms with van der Waals surface area (Å²) >= 11 is 0. The van der Waals surface area contributed by atoms with E-state index in [4.69, 9.17) is 4.52 Å². The molecule has 2 aromatic rings. The Kier molecular flexibility index (Phi) is 4.63. The zero-order valence-corrected chi connectivity index (χ0v) is 16.6. The van der Waals surface area contributed by atoms with E-state index in [9.17, 15) is 14.7 Å². The number of aromatic nitrogens is 2. The van der Waals surface area contributed by atoms with Gasteiger partial charge in [0.15, 0.2) is 0 Å². The maximum atomic E-state index is 13.2. The second-order valence-corrected chi connectivity index (χ2v) is 9.37. The van der Waals surface area contributed by atoms with Crippen LogP contribution in [0.25, 0.3) is 11.1 Å². The van der Waals surface area contributed by atoms with Crippen molar-refractivity contribution in [1.82, 2.24) is 15.5 Å². The van der Waals surface area contributed by atoms with Crippen LogP contribution in [-0.4, -0.2) is 33.2 Å². The maximum absolute atomic E-state index is 13.2. The minimum absolute atomic E-state index is 0.0213. The first-order valence-electron chi connectivity index (χ1n) is 10.1. The Morgan fingerprint density at radius 3 is 2.64 bits per heavy atom. The number of amides is 1. The number of hydrogen-bond donors (Lipinski definition) is 2. The van der Waals surface area contributed by atoms with E-state index in [1.165, 1.54) is 0 Å². The molecule has 2 aliphatic rings. The number of nitrogens with zero attached hydrogens (tertiary/aromatic N) is 2. The summed E-state index contributed by atoms with van der Waals surface area (Å²) in [5, 5.41) is 17.2. The molecule has 0 bridgehead atoms. The molecule has 4 rings (SSSR count). The normalized spacial score (nSPS) is 22.5. The Labute approximate surface area is 163 Å². The lowest BCUT2D eigenvalue weighted by molar-refractivity contribution is -0.142. The second kappa shape index (κ2) is 6.87. The highest BCUT2D eigenvalue weighted by molar-refractivity contribution is 6.06. The molecule has 0 aromatic carbocycles. The molecule has 0 radical (unpaired) electrons. The summed E-state index contributed by atoms with van der Waals surface area (Å²) in [5.41, 5.74) is 2.46. The largest absolute Gasteiger partial charge is 0.481 e. The molecule has 2 saturated carbocycles. The Morgan fingerprint density at radius 1 is 1.25 bits per heavy atom. The van der Waals surface area contributed by atoms with Gasteiger partial charge in [-0.15, -0.1) is 0 Å². The van der Waals surface area contributed by atoms with Gasteiger partial charge in [-0.2, -0.15) is 0 Å². The zero-order chi connectivity index (χ0) is 20.1. The van der Waals surface area contributed by atoms with Gasteiger partial charge >= 0.3 is 5.97 Å². The standard InChI is InChI=1S/C21H27N3O4/c1-21(2,3)10-16-17-13(9-15(11-7-8-11)23-19(17)28-24-16)18(25)22-14-6-4-5-12(14)20(26)27/h9,11-12,14H,4-8,10H2,1-3H3,(H,22,25)(H,26,27)/t12-,14+/m0/s1. The van der Waals surface area contributed by atoms with Crippen LogP contribution in [0.1, 0.15) is 80.5 Å². The molecule has 0 unspecified atom stereocenters. The predicted molar refractivity (Wildman–Crippen MR) is 103 cm³/mol. The zero-order valence-electron chi connectivity index (χ0n) is 16.6. The summed E-state index contributed by atoms with van der Waals surface area (Å²) in [4.78, 5) is 29.3. The molecule has 7 heteroatoms. The topological polar surface area (TPSA) is 105 Å². The third-order valence-electron chi connectivity index (χ3n) is 5.62. The molecular weight excluding hydrogens is 358 g/mol. The van der Waals surface area contributed by atoms with Crippen LogP contribution in [0.5, 0.6) is 0 Å². The number of carbonyl (C=O) groups excluding carboxylic acids is 1. The molecule has 2 fully saturated rings. The first-order valence-corrected chi connectivity index (χ1v) is 10.1. The average Bonchev–Trinajstić information content (AvgIpc) is 3.24. The molecule has 7 nitrogen and oxygen atoms in total. The molecule has 2 N–H and O–H groups in total. The van der Waals surface area contributed by atoms with Crippen LogP contribution < -0.4 is 5.32 Å². The van der Waals surface area contributed by atoms with Gasteiger partial charge in [0.1, 0.15) is 0 Å². The van der Waals surface area contributed by atoms with Gasteiger partial charge in [0.2, 0.25) is 0 Å². The quantitative estimate of drug-likeness (QED) is 0.813. The minimum atomic E-state index is -0.847. The fourth-order valence-electron chi connectivity index (χ4n) is 4.09. The van der Waals surface area contributed by atoms with Crippen LogP contribution in [0.3, 0.4) is 0 Å². The van der Waals surface area contributed by atoms with E-state index in [-0.39, 0.29) is 17.4 Å². The van der Waals surface area contributed by atoms with Crippen molar-refractivity contribution in [1.29, 1.82) is 0 Å². The van der Waals surface area contributed by atoms with Gasteiger partial charge < -0.3 is 14.9 Å². The fourth-order valence-corrected chi connectivity index (χ4v) is 4.09. The number of fused-ring (bicyclic) bond motifs is 1. The number of hydrogen-bond acceptors (Lipinski definition) is 5. The Morgan fingerprint density at radius 2 is 2.00 bits per heavy atom. The third-order valence-corrected chi connectivity index (χ3v) is 5.62. The lowest BCUT2D eigenvalue weighted by atomic mass is 9.89. The average molecular weight is 385 g/mol. The molecule has 0 spiro atoms. The first kappa shape index (κ1) is 18.9. The van der Waals surface area contributed by atoms with Crippen molar-refractivity contribution in [2.75, 3.05) is 0 Å². The molecule has 0 aliphatic heterocycles. The van der Waals surface area contributed by atoms with Crippen molar-refractivity contribution in [3.63, 3.8) is 0 Å². The Bertz CT molecular complexity index is 924. The monoisotopic (exact) mass is 385 g/mol. The van der Waals surface area contributed by atoms with Crippen LogP contribution in [0.4, 0.5) is 0 Å². The lowest BCUT2D eigenvalue weighted by Gasteiger charge is -2.19. The molecule has 2 aliphatic carbocycles. The molecule has 2 atom stereocenters. The number of carboxylic acids is 1. The van der Waals surface area contributed by atoms with Crippen molar-refractivity contribution in [3.05, 3.63) is 23.0 Å². The van der Waals surface area contributed by atoms with E-state index >= 15 is 0 Å². The fraction of sp³-hybridized carbons (Fsp3) is 0.619. The summed E-state index contributed by atoms with van der Waals surface area (Å²) in [7, 11) is 0. The Hall–Kier alpha value is -2.44. The molecule has 2 aromatic heterocycles. The Balaban J connectivity index is 1.72. The summed E-state index contributed by atoms with van der Waals surface area (Å²) in [6.07, 6.45) is 4.88. The van der Waals surface area contributed by atoms with Crippen molar-refractivity contribution in [2.45, 2.75) is 71.3 Å². The summed E-state index contributed by atoms with van der Waals surface area (Å²) in [6, 6.07) is 1.51. The number of nitrogens with one attached hydrogen (secondary N) is 1. The van der Waals surface area contributed by atoms with E-state index in [1.54, 1.807) is 0 Å². The molecule has 0 saturated heterocycles. The van der Waals surface area contributed by atoms with E-state index < -0.39 is 11.9 Å². The molecule has 150 valence electrons. The van der Waals surface area contributed by atoms with Crippen molar-refractivity contribution in [2.24, 2.45) is 11.3 Å². The van der Waals surface area contributed by atoms with Gasteiger partial charge in [-0.1, -0.05) is 32.3 Å². The van der Waals surface area contributed by atoms with Gasteiger partial charge in [0.05, 0.1) is 22.6 Å². The van der Waals surface area contributed by atoms with Gasteiger partial charge in [0, 0.05) is 17.7 Å². The highest BCUT2D eigenvalue weighted by Gasteiger charge is 2.35. The van der Waals surface area contributed by atoms with E-state index in [1.807, 2.05) is 6.07 Å². The molecular formula is C21H27N3O4. The number of aliphatic carboxylic acids is 1. The van der Waals surface area contributed by atoms with E-state index in [2.05, 4.69) is 36.2 Å². The van der Waals surface area contributed by atoms with Gasteiger partial charge in [-0.05, 0) is 43.6 Å². The second-order valence-electron chi connectivity index (χ2n) is 9.37. The molecule has 2 heterocycles. The summed E-state index contributed by atoms with van der Waals surface area (Å²) in [5.74, 6) is -1.27. The van der Waals surface area contributed by atoms with Crippen LogP contribution in [0.2, 0.25) is 0 Å². The van der Waals surface area contributed by atoms with Gasteiger partial charge in [0.25, 0.3) is 11.6 Å². The van der Waals surface area contributed by atoms with Gasteiger partial charge in [-0.3, -0.25) is 9.59 Å². The summed E-state index contributed by atoms with van der Waals surface area (Å²) in [6.45, 7) is 6.32. The SMILES string of the molecule is CC(C)(C)Cc1noc2nc(C3CC3)cc(C(=O)N[C@@H]3CCC[C@@H]3C(=O)O)c12. The van der Waals surface area contributed by atoms with Crippen LogP contribution >= 0.6 is 0 Å². The smallest absolute Gasteiger partial charge is 0.308 e. The van der Waals surface area contributed by atoms with Crippen LogP contribution in [0.15, 0.2) is 10.6 Å². The molecule has 1 amide bonds. The number of rotatable bonds is 5. The number of carboxylic acid groups (broad SMARTS) is 1. The molecule has 28 heavy (non-hydrogen) atoms. The van der Waals surface area contributed by atoms with E-state index in [0.717, 1.165) is 30.7 Å². The van der Waals surface area contributed by atoms with Gasteiger partial charge in [-0.25, -0.2) is 4.98 Å². The highest BCUT2D eigenvalue weighted by Crippen LogP contribution is 2.41. The van der Waals surface area contributed by atoms with Crippen molar-refractivity contribution in [3.8, 4) is 0 Å². The van der Waals surface area contributed by atoms with Crippen LogP contribution in [0, 0.1) is 11.3 Å². The van der Waals surface area contributed by atoms with Crippen LogP contribution in [-0.2, 0) is 11.2 Å². The third kappa shape index (κ3) is 3.75. The maximum Gasteiger partial charge on any atom is 0.308 e. The number of carbonyl (C=O) groups is 2. The lowest BCUT2D eigenvalue weighted by Crippen LogP contribution is -2.40. The van der Waals surface area contributed by atoms with Crippen molar-refractivity contribution >= 4 is 23.0 Å². The first-order chi connectivity index (χ1) is 13.2. The predicted octanol–water partition coefficient (Wildman–Crippen LogP) is 3.67. The summed E-state index contributed by atoms with van der Waals surface area (Å²) < 4.78 is 5.50. The van der Waals surface area contributed by atoms with Crippen molar-refractivity contribution < 1.29 is 19.2 Å². The van der Waals surface area contributed by atoms with E-state index in [0.29, 0.717) is 41.8 Å². The minimum Gasteiger partial charge on any atom is -0.481 e.